The van der Waals surface area contributed by atoms with E-state index < -0.39 is 6.10 Å². The topological polar surface area (TPSA) is 81.6 Å². The summed E-state index contributed by atoms with van der Waals surface area (Å²) in [6.07, 6.45) is 0.385. The molecule has 5 heteroatoms. The van der Waals surface area contributed by atoms with Gasteiger partial charge in [-0.3, -0.25) is 4.79 Å². The Morgan fingerprint density at radius 3 is 2.29 bits per heavy atom. The lowest BCUT2D eigenvalue weighted by atomic mass is 10.4. The van der Waals surface area contributed by atoms with E-state index in [1.165, 1.54) is 6.42 Å². The molecule has 0 bridgehead atoms. The van der Waals surface area contributed by atoms with Crippen molar-refractivity contribution in [2.45, 2.75) is 26.4 Å². The SMILES string of the molecule is CCC.CNCC(=O)NCC(O)CO. The zero-order chi connectivity index (χ0) is 11.4. The molecule has 0 aliphatic carbocycles. The Balaban J connectivity index is 0. The second-order valence-corrected chi connectivity index (χ2v) is 2.88. The maximum atomic E-state index is 10.7. The molecule has 0 fully saturated rings. The van der Waals surface area contributed by atoms with Crippen molar-refractivity contribution in [3.05, 3.63) is 0 Å². The number of amides is 1. The minimum absolute atomic E-state index is 0.0943. The molecule has 0 heterocycles. The van der Waals surface area contributed by atoms with Gasteiger partial charge in [-0.1, -0.05) is 20.3 Å². The average Bonchev–Trinajstić information content (AvgIpc) is 2.16. The number of carbonyl (C=O) groups excluding carboxylic acids is 1. The molecule has 0 radical (unpaired) electrons. The first kappa shape index (κ1) is 15.8. The van der Waals surface area contributed by atoms with Gasteiger partial charge in [0.15, 0.2) is 0 Å². The van der Waals surface area contributed by atoms with E-state index in [2.05, 4.69) is 24.5 Å². The predicted molar refractivity (Wildman–Crippen MR) is 56.0 cm³/mol. The van der Waals surface area contributed by atoms with Crippen LogP contribution in [0.25, 0.3) is 0 Å². The van der Waals surface area contributed by atoms with Crippen molar-refractivity contribution in [3.8, 4) is 0 Å². The highest BCUT2D eigenvalue weighted by Crippen LogP contribution is 1.75. The zero-order valence-electron chi connectivity index (χ0n) is 9.21. The van der Waals surface area contributed by atoms with Crippen LogP contribution in [0.2, 0.25) is 0 Å². The Morgan fingerprint density at radius 1 is 1.43 bits per heavy atom. The Hall–Kier alpha value is -0.650. The van der Waals surface area contributed by atoms with E-state index in [1.54, 1.807) is 7.05 Å². The standard InChI is InChI=1S/C6H14N2O3.C3H8/c1-7-3-6(11)8-2-5(10)4-9;1-3-2/h5,7,9-10H,2-4H2,1H3,(H,8,11);3H2,1-2H3. The number of nitrogens with one attached hydrogen (secondary N) is 2. The Labute approximate surface area is 85.5 Å². The molecule has 0 rings (SSSR count). The summed E-state index contributed by atoms with van der Waals surface area (Å²) in [6, 6.07) is 0. The fourth-order valence-corrected chi connectivity index (χ4v) is 0.519. The monoisotopic (exact) mass is 206 g/mol. The summed E-state index contributed by atoms with van der Waals surface area (Å²) < 4.78 is 0. The van der Waals surface area contributed by atoms with Gasteiger partial charge < -0.3 is 20.8 Å². The lowest BCUT2D eigenvalue weighted by molar-refractivity contribution is -0.120. The normalized spacial score (nSPS) is 11.2. The van der Waals surface area contributed by atoms with E-state index in [0.29, 0.717) is 0 Å². The van der Waals surface area contributed by atoms with E-state index in [1.807, 2.05) is 0 Å². The van der Waals surface area contributed by atoms with Gasteiger partial charge in [-0.2, -0.15) is 0 Å². The molecule has 0 saturated carbocycles. The summed E-state index contributed by atoms with van der Waals surface area (Å²) in [5, 5.41) is 22.2. The van der Waals surface area contributed by atoms with Crippen molar-refractivity contribution in [1.82, 2.24) is 10.6 Å². The number of aliphatic hydroxyl groups excluding tert-OH is 2. The van der Waals surface area contributed by atoms with Gasteiger partial charge in [0.1, 0.15) is 0 Å². The quantitative estimate of drug-likeness (QED) is 0.469. The highest BCUT2D eigenvalue weighted by Gasteiger charge is 2.03. The predicted octanol–water partition coefficient (Wildman–Crippen LogP) is -0.908. The minimum Gasteiger partial charge on any atom is -0.394 e. The lowest BCUT2D eigenvalue weighted by Crippen LogP contribution is -2.38. The molecule has 0 aromatic rings. The average molecular weight is 206 g/mol. The molecular weight excluding hydrogens is 184 g/mol. The number of likely N-dealkylation sites (N-methyl/N-ethyl adjacent to an activating group) is 1. The van der Waals surface area contributed by atoms with E-state index in [4.69, 9.17) is 10.2 Å². The summed E-state index contributed by atoms with van der Waals surface area (Å²) in [7, 11) is 1.65. The van der Waals surface area contributed by atoms with Crippen LogP contribution in [0, 0.1) is 0 Å². The maximum absolute atomic E-state index is 10.7. The van der Waals surface area contributed by atoms with Crippen LogP contribution >= 0.6 is 0 Å². The Bertz CT molecular complexity index is 131. The van der Waals surface area contributed by atoms with Gasteiger partial charge in [-0.15, -0.1) is 0 Å². The van der Waals surface area contributed by atoms with Gasteiger partial charge in [-0.25, -0.2) is 0 Å². The first-order valence-electron chi connectivity index (χ1n) is 4.82. The van der Waals surface area contributed by atoms with Crippen LogP contribution in [-0.4, -0.2) is 49.0 Å². The van der Waals surface area contributed by atoms with E-state index >= 15 is 0 Å². The Morgan fingerprint density at radius 2 is 1.93 bits per heavy atom. The largest absolute Gasteiger partial charge is 0.394 e. The summed E-state index contributed by atoms with van der Waals surface area (Å²) in [5.74, 6) is -0.194. The van der Waals surface area contributed by atoms with Crippen molar-refractivity contribution in [1.29, 1.82) is 0 Å². The molecular formula is C9H22N2O3. The van der Waals surface area contributed by atoms with Gasteiger partial charge >= 0.3 is 0 Å². The van der Waals surface area contributed by atoms with Crippen LogP contribution in [-0.2, 0) is 4.79 Å². The maximum Gasteiger partial charge on any atom is 0.234 e. The summed E-state index contributed by atoms with van der Waals surface area (Å²) in [5.41, 5.74) is 0. The molecule has 0 spiro atoms. The molecule has 0 aromatic heterocycles. The smallest absolute Gasteiger partial charge is 0.234 e. The molecule has 5 nitrogen and oxygen atoms in total. The van der Waals surface area contributed by atoms with Gasteiger partial charge in [0, 0.05) is 6.54 Å². The third kappa shape index (κ3) is 13.9. The molecule has 4 N–H and O–H groups in total. The first-order valence-corrected chi connectivity index (χ1v) is 4.82. The van der Waals surface area contributed by atoms with E-state index in [0.717, 1.165) is 0 Å². The molecule has 14 heavy (non-hydrogen) atoms. The fraction of sp³-hybridized carbons (Fsp3) is 0.889. The van der Waals surface area contributed by atoms with Gasteiger partial charge in [0.25, 0.3) is 0 Å². The van der Waals surface area contributed by atoms with Crippen molar-refractivity contribution in [2.75, 3.05) is 26.7 Å². The Kier molecular flexibility index (Phi) is 13.9. The van der Waals surface area contributed by atoms with Crippen molar-refractivity contribution in [2.24, 2.45) is 0 Å². The number of hydrogen-bond donors (Lipinski definition) is 4. The molecule has 1 atom stereocenters. The molecule has 0 aromatic carbocycles. The van der Waals surface area contributed by atoms with Crippen molar-refractivity contribution >= 4 is 5.91 Å². The zero-order valence-corrected chi connectivity index (χ0v) is 9.21. The first-order chi connectivity index (χ1) is 6.62. The third-order valence-corrected chi connectivity index (χ3v) is 1.08. The van der Waals surface area contributed by atoms with Crippen molar-refractivity contribution < 1.29 is 15.0 Å². The highest BCUT2D eigenvalue weighted by atomic mass is 16.3. The van der Waals surface area contributed by atoms with Gasteiger partial charge in [0.2, 0.25) is 5.91 Å². The van der Waals surface area contributed by atoms with Crippen LogP contribution in [0.1, 0.15) is 20.3 Å². The van der Waals surface area contributed by atoms with E-state index in [-0.39, 0.29) is 25.6 Å². The van der Waals surface area contributed by atoms with Crippen molar-refractivity contribution in [3.63, 3.8) is 0 Å². The number of carbonyl (C=O) groups is 1. The molecule has 0 saturated heterocycles. The van der Waals surface area contributed by atoms with E-state index in [9.17, 15) is 4.79 Å². The van der Waals surface area contributed by atoms with Crippen LogP contribution < -0.4 is 10.6 Å². The fourth-order valence-electron chi connectivity index (χ4n) is 0.519. The van der Waals surface area contributed by atoms with Crippen LogP contribution in [0.5, 0.6) is 0 Å². The van der Waals surface area contributed by atoms with Gasteiger partial charge in [-0.05, 0) is 7.05 Å². The van der Waals surface area contributed by atoms with Crippen LogP contribution in [0.4, 0.5) is 0 Å². The second kappa shape index (κ2) is 12.3. The minimum atomic E-state index is -0.865. The van der Waals surface area contributed by atoms with Gasteiger partial charge in [0.05, 0.1) is 19.3 Å². The number of aliphatic hydroxyl groups is 2. The summed E-state index contributed by atoms with van der Waals surface area (Å²) in [4.78, 5) is 10.7. The summed E-state index contributed by atoms with van der Waals surface area (Å²) in [6.45, 7) is 4.23. The molecule has 86 valence electrons. The molecule has 1 unspecified atom stereocenters. The number of hydrogen-bond acceptors (Lipinski definition) is 4. The number of rotatable bonds is 5. The third-order valence-electron chi connectivity index (χ3n) is 1.08. The molecule has 0 aliphatic heterocycles. The summed E-state index contributed by atoms with van der Waals surface area (Å²) >= 11 is 0. The second-order valence-electron chi connectivity index (χ2n) is 2.88. The molecule has 0 aliphatic rings. The highest BCUT2D eigenvalue weighted by molar-refractivity contribution is 5.77. The van der Waals surface area contributed by atoms with Crippen LogP contribution in [0.3, 0.4) is 0 Å². The van der Waals surface area contributed by atoms with Crippen LogP contribution in [0.15, 0.2) is 0 Å². The molecule has 1 amide bonds. The lowest BCUT2D eigenvalue weighted by Gasteiger charge is -2.07.